The number of aliphatic hydroxyl groups is 3. The summed E-state index contributed by atoms with van der Waals surface area (Å²) in [7, 11) is 0. The van der Waals surface area contributed by atoms with Crippen molar-refractivity contribution in [1.82, 2.24) is 0 Å². The Labute approximate surface area is 202 Å². The van der Waals surface area contributed by atoms with Gasteiger partial charge in [-0.15, -0.1) is 0 Å². The monoisotopic (exact) mass is 458 g/mol. The molecule has 0 aliphatic heterocycles. The predicted octanol–water partition coefficient (Wildman–Crippen LogP) is 6.11. The van der Waals surface area contributed by atoms with Gasteiger partial charge in [-0.25, -0.2) is 0 Å². The number of allylic oxidation sites excluding steroid dienone is 1. The standard InChI is InChI=1S/C30H50O3/c1-25(2)12-14-30(18-31)15-13-28(6)19(20(30)17-25)16-21(32)24-27(5)10-9-23(33)26(3,4)22(27)8-11-29(24,28)7/h17,19,21-24,31-33H,8-16,18H2,1-7H3. The third-order valence-corrected chi connectivity index (χ3v) is 13.0. The lowest BCUT2D eigenvalue weighted by atomic mass is 9.32. The lowest BCUT2D eigenvalue weighted by Gasteiger charge is -2.73. The van der Waals surface area contributed by atoms with Crippen molar-refractivity contribution in [2.45, 2.75) is 118 Å². The van der Waals surface area contributed by atoms with E-state index in [0.717, 1.165) is 57.8 Å². The maximum atomic E-state index is 12.0. The third-order valence-electron chi connectivity index (χ3n) is 13.0. The van der Waals surface area contributed by atoms with E-state index in [0.29, 0.717) is 11.8 Å². The zero-order valence-corrected chi connectivity index (χ0v) is 22.4. The van der Waals surface area contributed by atoms with Crippen LogP contribution in [0.3, 0.4) is 0 Å². The Morgan fingerprint density at radius 2 is 1.48 bits per heavy atom. The highest BCUT2D eigenvalue weighted by Gasteiger charge is 2.71. The van der Waals surface area contributed by atoms with Crippen LogP contribution in [0.4, 0.5) is 0 Å². The van der Waals surface area contributed by atoms with Gasteiger partial charge in [0, 0.05) is 5.41 Å². The number of hydrogen-bond donors (Lipinski definition) is 3. The molecule has 5 aliphatic rings. The molecule has 33 heavy (non-hydrogen) atoms. The van der Waals surface area contributed by atoms with Crippen LogP contribution in [0.2, 0.25) is 0 Å². The van der Waals surface area contributed by atoms with Gasteiger partial charge in [0.05, 0.1) is 18.8 Å². The van der Waals surface area contributed by atoms with Crippen LogP contribution in [0.15, 0.2) is 11.6 Å². The van der Waals surface area contributed by atoms with Gasteiger partial charge in [0.25, 0.3) is 0 Å². The number of aliphatic hydroxyl groups excluding tert-OH is 3. The number of rotatable bonds is 1. The fraction of sp³-hybridized carbons (Fsp3) is 0.933. The average molecular weight is 459 g/mol. The molecule has 4 fully saturated rings. The minimum absolute atomic E-state index is 0.0643. The largest absolute Gasteiger partial charge is 0.395 e. The van der Waals surface area contributed by atoms with Gasteiger partial charge in [0.15, 0.2) is 0 Å². The minimum atomic E-state index is -0.313. The van der Waals surface area contributed by atoms with Crippen LogP contribution in [0.1, 0.15) is 106 Å². The summed E-state index contributed by atoms with van der Waals surface area (Å²) in [5, 5.41) is 33.5. The highest BCUT2D eigenvalue weighted by Crippen LogP contribution is 2.76. The normalized spacial score (nSPS) is 54.8. The molecule has 9 atom stereocenters. The summed E-state index contributed by atoms with van der Waals surface area (Å²) in [6, 6.07) is 0. The predicted molar refractivity (Wildman–Crippen MR) is 134 cm³/mol. The Bertz CT molecular complexity index is 843. The zero-order chi connectivity index (χ0) is 24.2. The van der Waals surface area contributed by atoms with E-state index in [-0.39, 0.29) is 57.2 Å². The summed E-state index contributed by atoms with van der Waals surface area (Å²) < 4.78 is 0. The van der Waals surface area contributed by atoms with Crippen LogP contribution < -0.4 is 0 Å². The Morgan fingerprint density at radius 1 is 0.818 bits per heavy atom. The smallest absolute Gasteiger partial charge is 0.0594 e. The first kappa shape index (κ1) is 24.3. The molecule has 3 nitrogen and oxygen atoms in total. The maximum absolute atomic E-state index is 12.0. The van der Waals surface area contributed by atoms with E-state index in [9.17, 15) is 15.3 Å². The topological polar surface area (TPSA) is 60.7 Å². The first-order valence-electron chi connectivity index (χ1n) is 13.9. The van der Waals surface area contributed by atoms with Gasteiger partial charge in [-0.1, -0.05) is 60.1 Å². The second kappa shape index (κ2) is 7.10. The van der Waals surface area contributed by atoms with Crippen molar-refractivity contribution in [3.8, 4) is 0 Å². The zero-order valence-electron chi connectivity index (χ0n) is 22.4. The molecule has 9 unspecified atom stereocenters. The molecule has 0 amide bonds. The van der Waals surface area contributed by atoms with Crippen LogP contribution in [0, 0.1) is 50.2 Å². The van der Waals surface area contributed by atoms with Gasteiger partial charge in [-0.3, -0.25) is 0 Å². The van der Waals surface area contributed by atoms with E-state index in [2.05, 4.69) is 54.5 Å². The Balaban J connectivity index is 1.61. The van der Waals surface area contributed by atoms with Gasteiger partial charge in [-0.2, -0.15) is 0 Å². The molecule has 0 bridgehead atoms. The number of hydrogen-bond acceptors (Lipinski definition) is 3. The quantitative estimate of drug-likeness (QED) is 0.415. The summed E-state index contributed by atoms with van der Waals surface area (Å²) in [6.45, 7) is 17.0. The maximum Gasteiger partial charge on any atom is 0.0594 e. The van der Waals surface area contributed by atoms with Gasteiger partial charge in [0.2, 0.25) is 0 Å². The fourth-order valence-electron chi connectivity index (χ4n) is 10.8. The Hall–Kier alpha value is -0.380. The summed E-state index contributed by atoms with van der Waals surface area (Å²) in [4.78, 5) is 0. The van der Waals surface area contributed by atoms with Crippen molar-refractivity contribution in [3.63, 3.8) is 0 Å². The second-order valence-corrected chi connectivity index (χ2v) is 15.2. The molecule has 0 heterocycles. The summed E-state index contributed by atoms with van der Waals surface area (Å²) in [5.41, 5.74) is 1.77. The average Bonchev–Trinajstić information content (AvgIpc) is 2.72. The molecule has 0 aromatic heterocycles. The summed E-state index contributed by atoms with van der Waals surface area (Å²) >= 11 is 0. The third kappa shape index (κ3) is 2.97. The van der Waals surface area contributed by atoms with E-state index in [1.165, 1.54) is 5.57 Å². The summed E-state index contributed by atoms with van der Waals surface area (Å²) in [5.74, 6) is 1.08. The Morgan fingerprint density at radius 3 is 2.15 bits per heavy atom. The molecule has 4 saturated carbocycles. The molecular formula is C30H50O3. The first-order chi connectivity index (χ1) is 15.2. The van der Waals surface area contributed by atoms with E-state index in [1.807, 2.05) is 0 Å². The van der Waals surface area contributed by atoms with Gasteiger partial charge in [-0.05, 0) is 103 Å². The highest BCUT2D eigenvalue weighted by molar-refractivity contribution is 5.33. The SMILES string of the molecule is CC1(C)C=C2C3CC(O)C4C5(C)CCC(O)C(C)(C)C5CCC4(C)C3(C)CCC2(CO)CC1. The molecule has 0 saturated heterocycles. The highest BCUT2D eigenvalue weighted by atomic mass is 16.3. The molecule has 3 heteroatoms. The van der Waals surface area contributed by atoms with Crippen LogP contribution in [-0.2, 0) is 0 Å². The second-order valence-electron chi connectivity index (χ2n) is 15.2. The van der Waals surface area contributed by atoms with E-state index in [1.54, 1.807) is 0 Å². The van der Waals surface area contributed by atoms with Crippen molar-refractivity contribution in [2.24, 2.45) is 50.2 Å². The van der Waals surface area contributed by atoms with Gasteiger partial charge in [0.1, 0.15) is 0 Å². The molecular weight excluding hydrogens is 408 g/mol. The molecule has 3 N–H and O–H groups in total. The van der Waals surface area contributed by atoms with Crippen molar-refractivity contribution < 1.29 is 15.3 Å². The first-order valence-corrected chi connectivity index (χ1v) is 13.9. The van der Waals surface area contributed by atoms with Crippen molar-refractivity contribution in [3.05, 3.63) is 11.6 Å². The van der Waals surface area contributed by atoms with Crippen molar-refractivity contribution >= 4 is 0 Å². The van der Waals surface area contributed by atoms with Crippen LogP contribution in [-0.4, -0.2) is 34.1 Å². The van der Waals surface area contributed by atoms with Crippen molar-refractivity contribution in [1.29, 1.82) is 0 Å². The summed E-state index contributed by atoms with van der Waals surface area (Å²) in [6.07, 6.45) is 11.4. The molecule has 0 spiro atoms. The molecule has 5 rings (SSSR count). The minimum Gasteiger partial charge on any atom is -0.395 e. The van der Waals surface area contributed by atoms with E-state index >= 15 is 0 Å². The molecule has 5 aliphatic carbocycles. The lowest BCUT2D eigenvalue weighted by Crippen LogP contribution is -2.69. The van der Waals surface area contributed by atoms with E-state index < -0.39 is 0 Å². The fourth-order valence-corrected chi connectivity index (χ4v) is 10.8. The molecule has 0 aromatic carbocycles. The van der Waals surface area contributed by atoms with Gasteiger partial charge >= 0.3 is 0 Å². The number of fused-ring (bicyclic) bond motifs is 7. The van der Waals surface area contributed by atoms with Gasteiger partial charge < -0.3 is 15.3 Å². The van der Waals surface area contributed by atoms with Crippen LogP contribution in [0.5, 0.6) is 0 Å². The molecule has 0 aromatic rings. The Kier molecular flexibility index (Phi) is 5.23. The molecule has 0 radical (unpaired) electrons. The van der Waals surface area contributed by atoms with Crippen molar-refractivity contribution in [2.75, 3.05) is 6.61 Å². The van der Waals surface area contributed by atoms with Crippen LogP contribution in [0.25, 0.3) is 0 Å². The van der Waals surface area contributed by atoms with Crippen LogP contribution >= 0.6 is 0 Å². The lowest BCUT2D eigenvalue weighted by molar-refractivity contribution is -0.260. The molecule has 188 valence electrons. The van der Waals surface area contributed by atoms with E-state index in [4.69, 9.17) is 0 Å².